The molecule has 0 aliphatic heterocycles. The van der Waals surface area contributed by atoms with Crippen molar-refractivity contribution in [3.63, 3.8) is 0 Å². The van der Waals surface area contributed by atoms with Gasteiger partial charge in [-0.15, -0.1) is 10.2 Å². The van der Waals surface area contributed by atoms with Crippen LogP contribution in [0.5, 0.6) is 23.0 Å². The molecule has 0 atom stereocenters. The first-order chi connectivity index (χ1) is 28.6. The number of benzene rings is 3. The number of nitrogens with zero attached hydrogens (tertiary/aromatic N) is 3. The Morgan fingerprint density at radius 2 is 1.07 bits per heavy atom. The number of rotatable bonds is 32. The van der Waals surface area contributed by atoms with Crippen molar-refractivity contribution in [2.75, 3.05) is 20.3 Å². The molecule has 0 aliphatic rings. The Morgan fingerprint density at radius 1 is 0.586 bits per heavy atom. The maximum absolute atomic E-state index is 13.0. The molecule has 0 unspecified atom stereocenters. The van der Waals surface area contributed by atoms with Crippen LogP contribution in [0.25, 0.3) is 10.6 Å². The lowest BCUT2D eigenvalue weighted by Crippen LogP contribution is -2.09. The highest BCUT2D eigenvalue weighted by molar-refractivity contribution is 7.18. The van der Waals surface area contributed by atoms with Crippen LogP contribution in [0.3, 0.4) is 0 Å². The molecule has 0 saturated carbocycles. The highest BCUT2D eigenvalue weighted by Gasteiger charge is 2.14. The number of hydrogen-bond acceptors (Lipinski definition) is 9. The predicted molar refractivity (Wildman–Crippen MR) is 241 cm³/mol. The van der Waals surface area contributed by atoms with Gasteiger partial charge in [-0.2, -0.15) is 0 Å². The quantitative estimate of drug-likeness (QED) is 0.0210. The molecule has 0 aliphatic carbocycles. The highest BCUT2D eigenvalue weighted by atomic mass is 32.1. The van der Waals surface area contributed by atoms with E-state index in [0.29, 0.717) is 28.8 Å². The van der Waals surface area contributed by atoms with E-state index in [1.165, 1.54) is 140 Å². The predicted octanol–water partition coefficient (Wildman–Crippen LogP) is 14.6. The number of hydrogen-bond donors (Lipinski definition) is 0. The Kier molecular flexibility index (Phi) is 23.3. The molecule has 58 heavy (non-hydrogen) atoms. The van der Waals surface area contributed by atoms with Crippen LogP contribution in [-0.4, -0.2) is 42.7 Å². The van der Waals surface area contributed by atoms with Crippen molar-refractivity contribution in [1.29, 1.82) is 0 Å². The molecule has 1 aromatic heterocycles. The number of carbonyl (C=O) groups excluding carboxylic acids is 1. The van der Waals surface area contributed by atoms with Gasteiger partial charge >= 0.3 is 5.97 Å². The van der Waals surface area contributed by atoms with Gasteiger partial charge in [0.1, 0.15) is 16.5 Å². The zero-order valence-corrected chi connectivity index (χ0v) is 36.5. The molecule has 0 N–H and O–H groups in total. The first kappa shape index (κ1) is 46.4. The van der Waals surface area contributed by atoms with Crippen LogP contribution in [0.4, 0.5) is 5.13 Å². The van der Waals surface area contributed by atoms with Crippen molar-refractivity contribution >= 4 is 28.7 Å². The summed E-state index contributed by atoms with van der Waals surface area (Å²) in [6, 6.07) is 20.4. The van der Waals surface area contributed by atoms with Crippen LogP contribution in [-0.2, 0) is 0 Å². The SMILES string of the molecule is CCCCCCCCCCCCCCCCOc1ccc(C(=O)Oc2ccc(/C=N/c3nnc(-c4ccc(OCCCCCCCCCC)cc4)s3)cc2OC)cc1. The molecule has 316 valence electrons. The van der Waals surface area contributed by atoms with Gasteiger partial charge in [-0.3, -0.25) is 0 Å². The maximum Gasteiger partial charge on any atom is 0.343 e. The lowest BCUT2D eigenvalue weighted by Gasteiger charge is -2.10. The van der Waals surface area contributed by atoms with E-state index >= 15 is 0 Å². The summed E-state index contributed by atoms with van der Waals surface area (Å²) >= 11 is 1.41. The van der Waals surface area contributed by atoms with Crippen LogP contribution in [0.2, 0.25) is 0 Å². The van der Waals surface area contributed by atoms with Crippen molar-refractivity contribution in [3.05, 3.63) is 77.9 Å². The van der Waals surface area contributed by atoms with E-state index in [1.807, 2.05) is 42.5 Å². The molecular weight excluding hydrogens is 743 g/mol. The Hall–Kier alpha value is -4.24. The molecule has 0 spiro atoms. The van der Waals surface area contributed by atoms with E-state index in [9.17, 15) is 4.79 Å². The summed E-state index contributed by atoms with van der Waals surface area (Å²) in [5, 5.41) is 9.90. The summed E-state index contributed by atoms with van der Waals surface area (Å²) in [5.74, 6) is 1.90. The van der Waals surface area contributed by atoms with Gasteiger partial charge in [0, 0.05) is 11.8 Å². The standard InChI is InChI=1S/C49H69N3O5S/c1-4-6-8-10-12-14-15-16-17-18-19-21-23-25-37-56-44-33-29-42(30-34-44)48(53)57-45-35-26-40(38-46(45)54-3)39-50-49-52-51-47(58-49)41-27-31-43(32-28-41)55-36-24-22-20-13-11-9-7-5-2/h26-35,38-39H,4-25,36-37H2,1-3H3/b50-39+. The number of aliphatic imine (C=N–C) groups is 1. The molecule has 4 rings (SSSR count). The summed E-state index contributed by atoms with van der Waals surface area (Å²) in [7, 11) is 1.54. The summed E-state index contributed by atoms with van der Waals surface area (Å²) < 4.78 is 23.1. The maximum atomic E-state index is 13.0. The van der Waals surface area contributed by atoms with E-state index < -0.39 is 5.97 Å². The van der Waals surface area contributed by atoms with Crippen molar-refractivity contribution in [2.24, 2.45) is 4.99 Å². The third kappa shape index (κ3) is 18.6. The van der Waals surface area contributed by atoms with Crippen molar-refractivity contribution < 1.29 is 23.7 Å². The number of aromatic nitrogens is 2. The van der Waals surface area contributed by atoms with Gasteiger partial charge in [-0.05, 0) is 85.1 Å². The van der Waals surface area contributed by atoms with Crippen LogP contribution in [0.1, 0.15) is 171 Å². The van der Waals surface area contributed by atoms with Crippen molar-refractivity contribution in [3.8, 4) is 33.6 Å². The number of esters is 1. The van der Waals surface area contributed by atoms with E-state index in [1.54, 1.807) is 37.6 Å². The Morgan fingerprint density at radius 3 is 1.57 bits per heavy atom. The molecule has 9 heteroatoms. The molecular formula is C49H69N3O5S. The monoisotopic (exact) mass is 811 g/mol. The first-order valence-corrected chi connectivity index (χ1v) is 23.1. The normalized spacial score (nSPS) is 11.3. The summed E-state index contributed by atoms with van der Waals surface area (Å²) in [6.45, 7) is 5.95. The lowest BCUT2D eigenvalue weighted by molar-refractivity contribution is 0.0729. The number of unbranched alkanes of at least 4 members (excludes halogenated alkanes) is 20. The van der Waals surface area contributed by atoms with Gasteiger partial charge in [0.2, 0.25) is 5.13 Å². The van der Waals surface area contributed by atoms with Gasteiger partial charge in [-0.25, -0.2) is 9.79 Å². The average Bonchev–Trinajstić information content (AvgIpc) is 3.73. The van der Waals surface area contributed by atoms with Crippen molar-refractivity contribution in [2.45, 2.75) is 155 Å². The molecule has 0 saturated heterocycles. The zero-order chi connectivity index (χ0) is 40.9. The Bertz CT molecular complexity index is 1710. The third-order valence-corrected chi connectivity index (χ3v) is 11.2. The second kappa shape index (κ2) is 29.0. The number of ether oxygens (including phenoxy) is 4. The van der Waals surface area contributed by atoms with Crippen LogP contribution in [0.15, 0.2) is 71.7 Å². The van der Waals surface area contributed by atoms with Crippen molar-refractivity contribution in [1.82, 2.24) is 10.2 Å². The molecule has 8 nitrogen and oxygen atoms in total. The Balaban J connectivity index is 1.12. The highest BCUT2D eigenvalue weighted by Crippen LogP contribution is 2.31. The fourth-order valence-corrected chi connectivity index (χ4v) is 7.51. The van der Waals surface area contributed by atoms with E-state index in [0.717, 1.165) is 47.1 Å². The second-order valence-corrected chi connectivity index (χ2v) is 16.2. The summed E-state index contributed by atoms with van der Waals surface area (Å²) in [4.78, 5) is 17.5. The topological polar surface area (TPSA) is 92.1 Å². The van der Waals surface area contributed by atoms with E-state index in [-0.39, 0.29) is 0 Å². The van der Waals surface area contributed by atoms with Crippen LogP contribution < -0.4 is 18.9 Å². The van der Waals surface area contributed by atoms with Gasteiger partial charge < -0.3 is 18.9 Å². The van der Waals surface area contributed by atoms with Gasteiger partial charge in [0.15, 0.2) is 11.5 Å². The largest absolute Gasteiger partial charge is 0.494 e. The molecule has 0 bridgehead atoms. The number of methoxy groups -OCH3 is 1. The van der Waals surface area contributed by atoms with E-state index in [4.69, 9.17) is 18.9 Å². The smallest absolute Gasteiger partial charge is 0.343 e. The van der Waals surface area contributed by atoms with Gasteiger partial charge in [-0.1, -0.05) is 154 Å². The van der Waals surface area contributed by atoms with E-state index in [2.05, 4.69) is 29.0 Å². The van der Waals surface area contributed by atoms with Gasteiger partial charge in [0.25, 0.3) is 0 Å². The zero-order valence-electron chi connectivity index (χ0n) is 35.7. The molecule has 4 aromatic rings. The minimum Gasteiger partial charge on any atom is -0.494 e. The molecule has 0 radical (unpaired) electrons. The fourth-order valence-electron chi connectivity index (χ4n) is 6.82. The minimum atomic E-state index is -0.470. The molecule has 0 amide bonds. The van der Waals surface area contributed by atoms with Crippen LogP contribution in [0, 0.1) is 0 Å². The minimum absolute atomic E-state index is 0.325. The van der Waals surface area contributed by atoms with Gasteiger partial charge in [0.05, 0.1) is 25.9 Å². The molecule has 3 aromatic carbocycles. The molecule has 0 fully saturated rings. The fraction of sp³-hybridized carbons (Fsp3) is 0.551. The second-order valence-electron chi connectivity index (χ2n) is 15.3. The van der Waals surface area contributed by atoms with Crippen LogP contribution >= 0.6 is 11.3 Å². The Labute approximate surface area is 353 Å². The third-order valence-electron chi connectivity index (χ3n) is 10.4. The first-order valence-electron chi connectivity index (χ1n) is 22.3. The summed E-state index contributed by atoms with van der Waals surface area (Å²) in [5.41, 5.74) is 2.17. The number of carbonyl (C=O) groups is 1. The lowest BCUT2D eigenvalue weighted by atomic mass is 10.0. The summed E-state index contributed by atoms with van der Waals surface area (Å²) in [6.07, 6.45) is 30.6. The molecule has 1 heterocycles. The average molecular weight is 812 g/mol.